The summed E-state index contributed by atoms with van der Waals surface area (Å²) in [7, 11) is 0. The molecule has 0 unspecified atom stereocenters. The van der Waals surface area contributed by atoms with Crippen molar-refractivity contribution in [2.24, 2.45) is 5.41 Å². The predicted octanol–water partition coefficient (Wildman–Crippen LogP) is 5.55. The van der Waals surface area contributed by atoms with Gasteiger partial charge in [-0.15, -0.1) is 0 Å². The number of aryl methyl sites for hydroxylation is 1. The number of carbonyl (C=O) groups excluding carboxylic acids is 1. The molecule has 144 valence electrons. The molecular weight excluding hydrogens is 346 g/mol. The predicted molar refractivity (Wildman–Crippen MR) is 114 cm³/mol. The number of hydrogen-bond donors (Lipinski definition) is 1. The molecule has 1 aliphatic heterocycles. The molecule has 0 atom stereocenters. The first kappa shape index (κ1) is 18.6. The Kier molecular flexibility index (Phi) is 4.63. The molecule has 0 aromatic heterocycles. The number of anilines is 2. The SMILES string of the molecule is [C-]#[N+]c1ccc(N2CCc3c(cc(C)c(NC(=O)CC4(C)CC4)c3C)C2)cc1. The van der Waals surface area contributed by atoms with Crippen LogP contribution in [-0.4, -0.2) is 12.5 Å². The van der Waals surface area contributed by atoms with Crippen LogP contribution in [0, 0.1) is 25.8 Å². The second kappa shape index (κ2) is 6.98. The first-order valence-corrected chi connectivity index (χ1v) is 10.0. The van der Waals surface area contributed by atoms with Crippen LogP contribution in [0.2, 0.25) is 0 Å². The van der Waals surface area contributed by atoms with Gasteiger partial charge in [0.2, 0.25) is 5.91 Å². The molecule has 0 spiro atoms. The van der Waals surface area contributed by atoms with Crippen molar-refractivity contribution in [2.45, 2.75) is 53.0 Å². The summed E-state index contributed by atoms with van der Waals surface area (Å²) in [6.07, 6.45) is 3.91. The lowest BCUT2D eigenvalue weighted by molar-refractivity contribution is -0.117. The average Bonchev–Trinajstić information content (AvgIpc) is 3.41. The average molecular weight is 374 g/mol. The van der Waals surface area contributed by atoms with Crippen molar-refractivity contribution in [3.63, 3.8) is 0 Å². The number of fused-ring (bicyclic) bond motifs is 1. The number of carbonyl (C=O) groups is 1. The Hall–Kier alpha value is -2.80. The van der Waals surface area contributed by atoms with E-state index >= 15 is 0 Å². The van der Waals surface area contributed by atoms with Gasteiger partial charge in [0.05, 0.1) is 6.57 Å². The highest BCUT2D eigenvalue weighted by atomic mass is 16.1. The van der Waals surface area contributed by atoms with Crippen molar-refractivity contribution in [3.05, 3.63) is 64.0 Å². The Morgan fingerprint density at radius 1 is 1.25 bits per heavy atom. The minimum atomic E-state index is 0.142. The van der Waals surface area contributed by atoms with E-state index in [1.807, 2.05) is 24.3 Å². The highest BCUT2D eigenvalue weighted by Gasteiger charge is 2.39. The van der Waals surface area contributed by atoms with Crippen LogP contribution in [0.1, 0.15) is 48.4 Å². The number of nitrogens with zero attached hydrogens (tertiary/aromatic N) is 2. The maximum Gasteiger partial charge on any atom is 0.224 e. The zero-order valence-corrected chi connectivity index (χ0v) is 16.9. The molecule has 1 aliphatic carbocycles. The molecule has 0 radical (unpaired) electrons. The van der Waals surface area contributed by atoms with E-state index in [0.29, 0.717) is 12.1 Å². The van der Waals surface area contributed by atoms with Gasteiger partial charge in [-0.1, -0.05) is 25.1 Å². The second-order valence-corrected chi connectivity index (χ2v) is 8.67. The zero-order valence-electron chi connectivity index (χ0n) is 16.9. The molecule has 2 aliphatic rings. The van der Waals surface area contributed by atoms with E-state index in [1.54, 1.807) is 0 Å². The molecule has 4 nitrogen and oxygen atoms in total. The Morgan fingerprint density at radius 2 is 1.96 bits per heavy atom. The van der Waals surface area contributed by atoms with Gasteiger partial charge in [0.25, 0.3) is 0 Å². The van der Waals surface area contributed by atoms with E-state index < -0.39 is 0 Å². The summed E-state index contributed by atoms with van der Waals surface area (Å²) >= 11 is 0. The maximum absolute atomic E-state index is 12.5. The second-order valence-electron chi connectivity index (χ2n) is 8.67. The molecule has 1 heterocycles. The van der Waals surface area contributed by atoms with Gasteiger partial charge >= 0.3 is 0 Å². The summed E-state index contributed by atoms with van der Waals surface area (Å²) < 4.78 is 0. The van der Waals surface area contributed by atoms with E-state index in [9.17, 15) is 4.79 Å². The van der Waals surface area contributed by atoms with Gasteiger partial charge in [-0.25, -0.2) is 4.85 Å². The highest BCUT2D eigenvalue weighted by Crippen LogP contribution is 2.48. The third-order valence-corrected chi connectivity index (χ3v) is 6.29. The lowest BCUT2D eigenvalue weighted by atomic mass is 9.91. The largest absolute Gasteiger partial charge is 0.367 e. The van der Waals surface area contributed by atoms with Crippen molar-refractivity contribution in [2.75, 3.05) is 16.8 Å². The first-order valence-electron chi connectivity index (χ1n) is 10.0. The van der Waals surface area contributed by atoms with Crippen molar-refractivity contribution < 1.29 is 4.79 Å². The van der Waals surface area contributed by atoms with Gasteiger partial charge in [0, 0.05) is 30.9 Å². The Morgan fingerprint density at radius 3 is 2.61 bits per heavy atom. The molecule has 1 saturated carbocycles. The van der Waals surface area contributed by atoms with Crippen LogP contribution in [-0.2, 0) is 17.8 Å². The monoisotopic (exact) mass is 373 g/mol. The number of benzene rings is 2. The summed E-state index contributed by atoms with van der Waals surface area (Å²) in [5, 5.41) is 3.20. The molecule has 1 fully saturated rings. The van der Waals surface area contributed by atoms with E-state index in [2.05, 4.69) is 41.9 Å². The van der Waals surface area contributed by atoms with Crippen LogP contribution in [0.3, 0.4) is 0 Å². The van der Waals surface area contributed by atoms with Crippen LogP contribution >= 0.6 is 0 Å². The molecule has 0 saturated heterocycles. The summed E-state index contributed by atoms with van der Waals surface area (Å²) in [4.78, 5) is 18.3. The number of amides is 1. The van der Waals surface area contributed by atoms with E-state index in [1.165, 1.54) is 16.7 Å². The molecule has 2 aromatic rings. The van der Waals surface area contributed by atoms with Crippen molar-refractivity contribution in [3.8, 4) is 0 Å². The van der Waals surface area contributed by atoms with Crippen LogP contribution in [0.25, 0.3) is 4.85 Å². The molecule has 28 heavy (non-hydrogen) atoms. The molecule has 4 heteroatoms. The molecule has 0 bridgehead atoms. The van der Waals surface area contributed by atoms with Gasteiger partial charge in [-0.05, 0) is 72.9 Å². The minimum absolute atomic E-state index is 0.142. The van der Waals surface area contributed by atoms with Gasteiger partial charge in [0.1, 0.15) is 0 Å². The molecule has 1 amide bonds. The summed E-state index contributed by atoms with van der Waals surface area (Å²) in [5.74, 6) is 0.142. The normalized spacial score (nSPS) is 16.9. The molecule has 4 rings (SSSR count). The van der Waals surface area contributed by atoms with Gasteiger partial charge in [-0.3, -0.25) is 4.79 Å². The smallest absolute Gasteiger partial charge is 0.224 e. The van der Waals surface area contributed by atoms with Gasteiger partial charge in [-0.2, -0.15) is 0 Å². The summed E-state index contributed by atoms with van der Waals surface area (Å²) in [6.45, 7) is 15.3. The third kappa shape index (κ3) is 3.62. The maximum atomic E-state index is 12.5. The molecule has 1 N–H and O–H groups in total. The zero-order chi connectivity index (χ0) is 19.9. The fourth-order valence-electron chi connectivity index (χ4n) is 4.24. The van der Waals surface area contributed by atoms with Crippen molar-refractivity contribution >= 4 is 23.0 Å². The molecular formula is C24H27N3O. The number of hydrogen-bond acceptors (Lipinski definition) is 2. The number of nitrogens with one attached hydrogen (secondary N) is 1. The van der Waals surface area contributed by atoms with Gasteiger partial charge < -0.3 is 10.2 Å². The fourth-order valence-corrected chi connectivity index (χ4v) is 4.24. The van der Waals surface area contributed by atoms with Crippen LogP contribution in [0.4, 0.5) is 17.1 Å². The summed E-state index contributed by atoms with van der Waals surface area (Å²) in [6, 6.07) is 10.1. The van der Waals surface area contributed by atoms with E-state index in [0.717, 1.165) is 49.3 Å². The molecule has 2 aromatic carbocycles. The Balaban J connectivity index is 1.54. The number of rotatable bonds is 4. The third-order valence-electron chi connectivity index (χ3n) is 6.29. The quantitative estimate of drug-likeness (QED) is 0.714. The Bertz CT molecular complexity index is 965. The lowest BCUT2D eigenvalue weighted by Crippen LogP contribution is -2.31. The van der Waals surface area contributed by atoms with E-state index in [4.69, 9.17) is 6.57 Å². The highest BCUT2D eigenvalue weighted by molar-refractivity contribution is 5.93. The first-order chi connectivity index (χ1) is 13.4. The Labute approximate surface area is 167 Å². The van der Waals surface area contributed by atoms with Crippen LogP contribution in [0.5, 0.6) is 0 Å². The lowest BCUT2D eigenvalue weighted by Gasteiger charge is -2.33. The van der Waals surface area contributed by atoms with Crippen LogP contribution < -0.4 is 10.2 Å². The summed E-state index contributed by atoms with van der Waals surface area (Å²) in [5.41, 5.74) is 8.11. The van der Waals surface area contributed by atoms with Gasteiger partial charge in [0.15, 0.2) is 5.69 Å². The van der Waals surface area contributed by atoms with Crippen molar-refractivity contribution in [1.82, 2.24) is 0 Å². The fraction of sp³-hybridized carbons (Fsp3) is 0.417. The topological polar surface area (TPSA) is 36.7 Å². The van der Waals surface area contributed by atoms with E-state index in [-0.39, 0.29) is 11.3 Å². The van der Waals surface area contributed by atoms with Crippen molar-refractivity contribution in [1.29, 1.82) is 0 Å². The standard InChI is InChI=1S/C24H27N3O/c1-16-13-18-15-27(20-7-5-19(25-4)6-8-20)12-9-21(18)17(2)23(16)26-22(28)14-24(3)10-11-24/h5-8,13H,9-12,14-15H2,1-3H3,(H,26,28). The minimum Gasteiger partial charge on any atom is -0.367 e. The van der Waals surface area contributed by atoms with Crippen LogP contribution in [0.15, 0.2) is 30.3 Å².